The first-order chi connectivity index (χ1) is 13.5. The highest BCUT2D eigenvalue weighted by Crippen LogP contribution is 2.36. The molecule has 1 aliphatic heterocycles. The first kappa shape index (κ1) is 20.6. The molecule has 0 bridgehead atoms. The van der Waals surface area contributed by atoms with Crippen LogP contribution in [0.4, 0.5) is 0 Å². The highest BCUT2D eigenvalue weighted by molar-refractivity contribution is 6.99. The van der Waals surface area contributed by atoms with Gasteiger partial charge in [-0.3, -0.25) is 4.99 Å². The topological polar surface area (TPSA) is 45.6 Å². The van der Waals surface area contributed by atoms with Crippen LogP contribution in [0.25, 0.3) is 0 Å². The summed E-state index contributed by atoms with van der Waals surface area (Å²) in [5, 5.41) is 9.40. The van der Waals surface area contributed by atoms with Crippen LogP contribution in [0.1, 0.15) is 33.6 Å². The number of aliphatic imine (C=N–C) groups is 1. The largest absolute Gasteiger partial charge is 0.407 e. The molecule has 0 amide bonds. The third kappa shape index (κ3) is 4.65. The third-order valence-corrected chi connectivity index (χ3v) is 10.3. The molecule has 0 unspecified atom stereocenters. The van der Waals surface area contributed by atoms with Crippen molar-refractivity contribution in [2.24, 2.45) is 4.99 Å². The van der Waals surface area contributed by atoms with E-state index in [4.69, 9.17) is 4.43 Å². The van der Waals surface area contributed by atoms with Crippen LogP contribution in [0, 0.1) is 0 Å². The van der Waals surface area contributed by atoms with Crippen molar-refractivity contribution >= 4 is 24.7 Å². The van der Waals surface area contributed by atoms with E-state index < -0.39 is 8.32 Å². The summed E-state index contributed by atoms with van der Waals surface area (Å²) < 4.78 is 6.89. The number of nitrogens with zero attached hydrogens (tertiary/aromatic N) is 1. The summed E-state index contributed by atoms with van der Waals surface area (Å²) in [6, 6.07) is 21.6. The van der Waals surface area contributed by atoms with E-state index in [1.54, 1.807) is 0 Å². The summed E-state index contributed by atoms with van der Waals surface area (Å²) in [5.74, 6) is 0.927. The van der Waals surface area contributed by atoms with E-state index in [1.807, 2.05) is 0 Å². The van der Waals surface area contributed by atoms with Crippen molar-refractivity contribution in [3.05, 3.63) is 60.7 Å². The standard InChI is InChI=1S/C23H33N3OSi/c1-23(2,3)28(20-12-6-4-7-13-20,21-14-8-5-9-15-21)27-19-11-18-26-22-24-16-10-17-25-22/h4-9,12-15H,10-11,16-19H2,1-3H3,(H2,24,25,26). The lowest BCUT2D eigenvalue weighted by molar-refractivity contribution is 0.292. The molecule has 2 aromatic rings. The SMILES string of the molecule is CC(C)(C)[Si](OCCCNC1=NCCCN1)(c1ccccc1)c1ccccc1. The van der Waals surface area contributed by atoms with Crippen LogP contribution in [0.15, 0.2) is 65.7 Å². The van der Waals surface area contributed by atoms with Crippen LogP contribution >= 0.6 is 0 Å². The number of hydrogen-bond donors (Lipinski definition) is 2. The van der Waals surface area contributed by atoms with Gasteiger partial charge in [-0.2, -0.15) is 0 Å². The van der Waals surface area contributed by atoms with E-state index in [1.165, 1.54) is 10.4 Å². The van der Waals surface area contributed by atoms with Gasteiger partial charge in [0.15, 0.2) is 5.96 Å². The zero-order valence-electron chi connectivity index (χ0n) is 17.4. The molecule has 1 heterocycles. The summed E-state index contributed by atoms with van der Waals surface area (Å²) in [4.78, 5) is 4.47. The van der Waals surface area contributed by atoms with E-state index in [-0.39, 0.29) is 5.04 Å². The Hall–Kier alpha value is -2.11. The molecule has 0 fully saturated rings. The van der Waals surface area contributed by atoms with Crippen LogP contribution in [-0.2, 0) is 4.43 Å². The van der Waals surface area contributed by atoms with Crippen LogP contribution in [0.5, 0.6) is 0 Å². The Balaban J connectivity index is 1.77. The minimum atomic E-state index is -2.41. The lowest BCUT2D eigenvalue weighted by atomic mass is 10.2. The van der Waals surface area contributed by atoms with Crippen LogP contribution in [-0.4, -0.2) is 40.5 Å². The van der Waals surface area contributed by atoms with E-state index in [0.29, 0.717) is 0 Å². The summed E-state index contributed by atoms with van der Waals surface area (Å²) in [6.45, 7) is 10.5. The summed E-state index contributed by atoms with van der Waals surface area (Å²) in [6.07, 6.45) is 2.06. The average Bonchev–Trinajstić information content (AvgIpc) is 2.72. The summed E-state index contributed by atoms with van der Waals surface area (Å²) in [7, 11) is -2.41. The number of rotatable bonds is 7. The fourth-order valence-corrected chi connectivity index (χ4v) is 8.52. The van der Waals surface area contributed by atoms with E-state index >= 15 is 0 Å². The Labute approximate surface area is 170 Å². The predicted octanol–water partition coefficient (Wildman–Crippen LogP) is 2.89. The van der Waals surface area contributed by atoms with Gasteiger partial charge in [0.25, 0.3) is 8.32 Å². The smallest absolute Gasteiger partial charge is 0.261 e. The lowest BCUT2D eigenvalue weighted by Gasteiger charge is -2.43. The van der Waals surface area contributed by atoms with Gasteiger partial charge in [-0.15, -0.1) is 0 Å². The van der Waals surface area contributed by atoms with Gasteiger partial charge in [0.1, 0.15) is 0 Å². The molecule has 0 radical (unpaired) electrons. The number of hydrogen-bond acceptors (Lipinski definition) is 4. The molecule has 3 rings (SSSR count). The normalized spacial score (nSPS) is 14.9. The van der Waals surface area contributed by atoms with Crippen molar-refractivity contribution in [1.82, 2.24) is 10.6 Å². The van der Waals surface area contributed by atoms with Gasteiger partial charge < -0.3 is 15.1 Å². The minimum Gasteiger partial charge on any atom is -0.407 e. The van der Waals surface area contributed by atoms with E-state index in [2.05, 4.69) is 97.1 Å². The molecule has 2 aromatic carbocycles. The second kappa shape index (κ2) is 9.39. The number of benzene rings is 2. The molecule has 150 valence electrons. The Kier molecular flexibility index (Phi) is 6.91. The molecule has 0 saturated carbocycles. The third-order valence-electron chi connectivity index (χ3n) is 5.25. The maximum absolute atomic E-state index is 6.89. The predicted molar refractivity (Wildman–Crippen MR) is 121 cm³/mol. The monoisotopic (exact) mass is 395 g/mol. The molecule has 0 atom stereocenters. The number of guanidine groups is 1. The molecular weight excluding hydrogens is 362 g/mol. The Bertz CT molecular complexity index is 717. The van der Waals surface area contributed by atoms with Gasteiger partial charge in [0.2, 0.25) is 0 Å². The van der Waals surface area contributed by atoms with Gasteiger partial charge in [-0.25, -0.2) is 0 Å². The maximum atomic E-state index is 6.89. The zero-order chi connectivity index (χ0) is 19.9. The molecule has 0 saturated heterocycles. The first-order valence-corrected chi connectivity index (χ1v) is 12.2. The van der Waals surface area contributed by atoms with Gasteiger partial charge >= 0.3 is 0 Å². The average molecular weight is 396 g/mol. The molecule has 4 nitrogen and oxygen atoms in total. The van der Waals surface area contributed by atoms with Gasteiger partial charge in [0.05, 0.1) is 0 Å². The maximum Gasteiger partial charge on any atom is 0.261 e. The van der Waals surface area contributed by atoms with Crippen LogP contribution < -0.4 is 21.0 Å². The van der Waals surface area contributed by atoms with E-state index in [9.17, 15) is 0 Å². The summed E-state index contributed by atoms with van der Waals surface area (Å²) in [5.41, 5.74) is 0. The fraction of sp³-hybridized carbons (Fsp3) is 0.435. The van der Waals surface area contributed by atoms with Crippen molar-refractivity contribution in [3.8, 4) is 0 Å². The molecule has 0 aromatic heterocycles. The van der Waals surface area contributed by atoms with Crippen molar-refractivity contribution in [2.45, 2.75) is 38.7 Å². The summed E-state index contributed by atoms with van der Waals surface area (Å²) >= 11 is 0. The second-order valence-corrected chi connectivity index (χ2v) is 12.6. The van der Waals surface area contributed by atoms with Crippen LogP contribution in [0.3, 0.4) is 0 Å². The van der Waals surface area contributed by atoms with Gasteiger partial charge in [-0.1, -0.05) is 81.4 Å². The highest BCUT2D eigenvalue weighted by Gasteiger charge is 2.49. The molecule has 2 N–H and O–H groups in total. The highest BCUT2D eigenvalue weighted by atomic mass is 28.4. The van der Waals surface area contributed by atoms with Gasteiger partial charge in [0, 0.05) is 26.2 Å². The lowest BCUT2D eigenvalue weighted by Crippen LogP contribution is -2.66. The zero-order valence-corrected chi connectivity index (χ0v) is 18.4. The van der Waals surface area contributed by atoms with Crippen molar-refractivity contribution < 1.29 is 4.43 Å². The second-order valence-electron chi connectivity index (χ2n) is 8.30. The quantitative estimate of drug-likeness (QED) is 0.560. The Morgan fingerprint density at radius 1 is 1.00 bits per heavy atom. The van der Waals surface area contributed by atoms with Crippen molar-refractivity contribution in [2.75, 3.05) is 26.2 Å². The van der Waals surface area contributed by atoms with Crippen molar-refractivity contribution in [3.63, 3.8) is 0 Å². The fourth-order valence-electron chi connectivity index (χ4n) is 3.92. The molecule has 0 aliphatic carbocycles. The Morgan fingerprint density at radius 3 is 2.11 bits per heavy atom. The molecule has 5 heteroatoms. The minimum absolute atomic E-state index is 0.0259. The van der Waals surface area contributed by atoms with Crippen LogP contribution in [0.2, 0.25) is 5.04 Å². The Morgan fingerprint density at radius 2 is 1.61 bits per heavy atom. The first-order valence-electron chi connectivity index (χ1n) is 10.3. The van der Waals surface area contributed by atoms with E-state index in [0.717, 1.165) is 45.0 Å². The van der Waals surface area contributed by atoms with Crippen molar-refractivity contribution in [1.29, 1.82) is 0 Å². The molecule has 28 heavy (non-hydrogen) atoms. The molecule has 0 spiro atoms. The number of nitrogens with one attached hydrogen (secondary N) is 2. The van der Waals surface area contributed by atoms with Gasteiger partial charge in [-0.05, 0) is 28.3 Å². The molecular formula is C23H33N3OSi. The molecule has 1 aliphatic rings.